The Labute approximate surface area is 131 Å². The van der Waals surface area contributed by atoms with Crippen molar-refractivity contribution in [3.05, 3.63) is 64.4 Å². The van der Waals surface area contributed by atoms with E-state index < -0.39 is 5.97 Å². The Morgan fingerprint density at radius 1 is 1.27 bits per heavy atom. The highest BCUT2D eigenvalue weighted by atomic mass is 35.5. The van der Waals surface area contributed by atoms with Crippen LogP contribution in [0.25, 0.3) is 11.0 Å². The lowest BCUT2D eigenvalue weighted by molar-refractivity contribution is 0.0664. The highest BCUT2D eigenvalue weighted by Crippen LogP contribution is 2.33. The highest BCUT2D eigenvalue weighted by molar-refractivity contribution is 6.30. The van der Waals surface area contributed by atoms with Crippen molar-refractivity contribution < 1.29 is 19.1 Å². The van der Waals surface area contributed by atoms with Crippen LogP contribution in [0.3, 0.4) is 0 Å². The summed E-state index contributed by atoms with van der Waals surface area (Å²) in [5.74, 6) is -0.561. The number of ether oxygens (including phenoxy) is 1. The SMILES string of the molecule is Cc1c(C(=O)O)oc2cccc(OCc3cccc(Cl)c3)c12. The molecule has 0 amide bonds. The fourth-order valence-corrected chi connectivity index (χ4v) is 2.59. The molecule has 5 heteroatoms. The molecule has 0 saturated carbocycles. The van der Waals surface area contributed by atoms with Gasteiger partial charge in [0.15, 0.2) is 0 Å². The van der Waals surface area contributed by atoms with E-state index >= 15 is 0 Å². The van der Waals surface area contributed by atoms with Gasteiger partial charge >= 0.3 is 5.97 Å². The van der Waals surface area contributed by atoms with Gasteiger partial charge in [-0.25, -0.2) is 4.79 Å². The monoisotopic (exact) mass is 316 g/mol. The molecule has 0 radical (unpaired) electrons. The third-order valence-electron chi connectivity index (χ3n) is 3.39. The van der Waals surface area contributed by atoms with Gasteiger partial charge in [0.25, 0.3) is 0 Å². The normalized spacial score (nSPS) is 10.8. The van der Waals surface area contributed by atoms with Gasteiger partial charge in [0.05, 0.1) is 5.39 Å². The Kier molecular flexibility index (Phi) is 3.77. The molecule has 0 aliphatic heterocycles. The molecule has 112 valence electrons. The van der Waals surface area contributed by atoms with Crippen molar-refractivity contribution >= 4 is 28.5 Å². The van der Waals surface area contributed by atoms with Crippen LogP contribution in [0.1, 0.15) is 21.7 Å². The smallest absolute Gasteiger partial charge is 0.372 e. The van der Waals surface area contributed by atoms with Crippen molar-refractivity contribution in [2.75, 3.05) is 0 Å². The molecule has 0 unspecified atom stereocenters. The van der Waals surface area contributed by atoms with Crippen LogP contribution < -0.4 is 4.74 Å². The van der Waals surface area contributed by atoms with E-state index in [9.17, 15) is 4.79 Å². The maximum atomic E-state index is 11.2. The van der Waals surface area contributed by atoms with Crippen LogP contribution in [0.15, 0.2) is 46.9 Å². The summed E-state index contributed by atoms with van der Waals surface area (Å²) in [4.78, 5) is 11.2. The van der Waals surface area contributed by atoms with Gasteiger partial charge in [-0.05, 0) is 36.8 Å². The molecular weight excluding hydrogens is 304 g/mol. The molecule has 0 aliphatic carbocycles. The van der Waals surface area contributed by atoms with Gasteiger partial charge in [-0.15, -0.1) is 0 Å². The number of fused-ring (bicyclic) bond motifs is 1. The minimum atomic E-state index is -1.09. The first kappa shape index (κ1) is 14.5. The van der Waals surface area contributed by atoms with Crippen LogP contribution in [0.2, 0.25) is 5.02 Å². The summed E-state index contributed by atoms with van der Waals surface area (Å²) >= 11 is 5.95. The predicted octanol–water partition coefficient (Wildman–Crippen LogP) is 4.67. The van der Waals surface area contributed by atoms with Gasteiger partial charge in [-0.1, -0.05) is 29.8 Å². The molecule has 3 aromatic rings. The van der Waals surface area contributed by atoms with Crippen LogP contribution in [-0.4, -0.2) is 11.1 Å². The van der Waals surface area contributed by atoms with Crippen molar-refractivity contribution in [1.82, 2.24) is 0 Å². The van der Waals surface area contributed by atoms with Gasteiger partial charge in [0.2, 0.25) is 5.76 Å². The number of rotatable bonds is 4. The van der Waals surface area contributed by atoms with Gasteiger partial charge in [0, 0.05) is 10.6 Å². The molecule has 3 rings (SSSR count). The lowest BCUT2D eigenvalue weighted by Crippen LogP contribution is -1.97. The van der Waals surface area contributed by atoms with E-state index in [1.54, 1.807) is 31.2 Å². The molecule has 22 heavy (non-hydrogen) atoms. The molecule has 1 heterocycles. The lowest BCUT2D eigenvalue weighted by atomic mass is 10.1. The highest BCUT2D eigenvalue weighted by Gasteiger charge is 2.19. The van der Waals surface area contributed by atoms with Crippen LogP contribution in [0, 0.1) is 6.92 Å². The van der Waals surface area contributed by atoms with Crippen molar-refractivity contribution in [1.29, 1.82) is 0 Å². The molecule has 0 fully saturated rings. The first-order chi connectivity index (χ1) is 10.6. The Morgan fingerprint density at radius 3 is 2.77 bits per heavy atom. The summed E-state index contributed by atoms with van der Waals surface area (Å²) in [7, 11) is 0. The molecule has 0 saturated heterocycles. The molecular formula is C17H13ClO4. The van der Waals surface area contributed by atoms with E-state index in [1.807, 2.05) is 18.2 Å². The van der Waals surface area contributed by atoms with Gasteiger partial charge in [-0.3, -0.25) is 0 Å². The Balaban J connectivity index is 1.95. The van der Waals surface area contributed by atoms with E-state index in [4.69, 9.17) is 25.9 Å². The average molecular weight is 317 g/mol. The van der Waals surface area contributed by atoms with Crippen molar-refractivity contribution in [2.45, 2.75) is 13.5 Å². The van der Waals surface area contributed by atoms with Gasteiger partial charge < -0.3 is 14.3 Å². The predicted molar refractivity (Wildman–Crippen MR) is 83.7 cm³/mol. The number of halogens is 1. The first-order valence-corrected chi connectivity index (χ1v) is 7.06. The van der Waals surface area contributed by atoms with Gasteiger partial charge in [0.1, 0.15) is 17.9 Å². The number of hydrogen-bond acceptors (Lipinski definition) is 3. The second kappa shape index (κ2) is 5.73. The first-order valence-electron chi connectivity index (χ1n) is 6.69. The van der Waals surface area contributed by atoms with Crippen LogP contribution in [-0.2, 0) is 6.61 Å². The van der Waals surface area contributed by atoms with E-state index in [-0.39, 0.29) is 5.76 Å². The molecule has 0 atom stereocenters. The third kappa shape index (κ3) is 2.65. The van der Waals surface area contributed by atoms with Crippen LogP contribution >= 0.6 is 11.6 Å². The molecule has 4 nitrogen and oxygen atoms in total. The minimum Gasteiger partial charge on any atom is -0.488 e. The largest absolute Gasteiger partial charge is 0.488 e. The number of benzene rings is 2. The number of carboxylic acid groups (broad SMARTS) is 1. The molecule has 1 N–H and O–H groups in total. The van der Waals surface area contributed by atoms with E-state index in [0.717, 1.165) is 5.56 Å². The zero-order chi connectivity index (χ0) is 15.7. The van der Waals surface area contributed by atoms with Crippen molar-refractivity contribution in [3.63, 3.8) is 0 Å². The molecule has 2 aromatic carbocycles. The summed E-state index contributed by atoms with van der Waals surface area (Å²) in [5.41, 5.74) is 1.99. The summed E-state index contributed by atoms with van der Waals surface area (Å²) in [6.07, 6.45) is 0. The fraction of sp³-hybridized carbons (Fsp3) is 0.118. The van der Waals surface area contributed by atoms with E-state index in [1.165, 1.54) is 0 Å². The summed E-state index contributed by atoms with van der Waals surface area (Å²) in [6.45, 7) is 2.05. The molecule has 1 aromatic heterocycles. The molecule has 0 aliphatic rings. The van der Waals surface area contributed by atoms with Gasteiger partial charge in [-0.2, -0.15) is 0 Å². The summed E-state index contributed by atoms with van der Waals surface area (Å²) < 4.78 is 11.2. The number of carboxylic acids is 1. The average Bonchev–Trinajstić information content (AvgIpc) is 2.83. The zero-order valence-electron chi connectivity index (χ0n) is 11.8. The third-order valence-corrected chi connectivity index (χ3v) is 3.63. The Hall–Kier alpha value is -2.46. The van der Waals surface area contributed by atoms with E-state index in [2.05, 4.69) is 0 Å². The summed E-state index contributed by atoms with van der Waals surface area (Å²) in [5, 5.41) is 10.5. The Bertz CT molecular complexity index is 851. The van der Waals surface area contributed by atoms with Crippen LogP contribution in [0.4, 0.5) is 0 Å². The van der Waals surface area contributed by atoms with E-state index in [0.29, 0.717) is 33.9 Å². The second-order valence-electron chi connectivity index (χ2n) is 4.91. The second-order valence-corrected chi connectivity index (χ2v) is 5.35. The minimum absolute atomic E-state index is 0.0613. The number of furan rings is 1. The number of carbonyl (C=O) groups is 1. The Morgan fingerprint density at radius 2 is 2.05 bits per heavy atom. The summed E-state index contributed by atoms with van der Waals surface area (Å²) in [6, 6.07) is 12.7. The van der Waals surface area contributed by atoms with Crippen molar-refractivity contribution in [3.8, 4) is 5.75 Å². The van der Waals surface area contributed by atoms with Crippen LogP contribution in [0.5, 0.6) is 5.75 Å². The molecule has 0 bridgehead atoms. The fourth-order valence-electron chi connectivity index (χ4n) is 2.38. The number of hydrogen-bond donors (Lipinski definition) is 1. The topological polar surface area (TPSA) is 59.7 Å². The van der Waals surface area contributed by atoms with Crippen molar-refractivity contribution in [2.24, 2.45) is 0 Å². The number of aromatic carboxylic acids is 1. The standard InChI is InChI=1S/C17H13ClO4/c1-10-15-13(21-9-11-4-2-5-12(18)8-11)6-3-7-14(15)22-16(10)17(19)20/h2-8H,9H2,1H3,(H,19,20). The maximum absolute atomic E-state index is 11.2. The number of aryl methyl sites for hydroxylation is 1. The zero-order valence-corrected chi connectivity index (χ0v) is 12.6. The maximum Gasteiger partial charge on any atom is 0.372 e. The lowest BCUT2D eigenvalue weighted by Gasteiger charge is -2.08. The quantitative estimate of drug-likeness (QED) is 0.759. The molecule has 0 spiro atoms.